The van der Waals surface area contributed by atoms with Crippen LogP contribution in [-0.4, -0.2) is 34.2 Å². The van der Waals surface area contributed by atoms with Gasteiger partial charge in [-0.1, -0.05) is 0 Å². The zero-order valence-corrected chi connectivity index (χ0v) is 9.44. The van der Waals surface area contributed by atoms with E-state index in [1.54, 1.807) is 0 Å². The molecule has 1 fully saturated rings. The van der Waals surface area contributed by atoms with Gasteiger partial charge < -0.3 is 5.11 Å². The molecule has 1 saturated heterocycles. The Bertz CT molecular complexity index is 301. The number of aliphatic hydroxyl groups excluding tert-OH is 1. The Morgan fingerprint density at radius 1 is 1.57 bits per heavy atom. The maximum atomic E-state index is 9.35. The van der Waals surface area contributed by atoms with E-state index in [-0.39, 0.29) is 6.10 Å². The number of nitrogens with zero attached hydrogens (tertiary/aromatic N) is 2. The molecule has 0 spiro atoms. The van der Waals surface area contributed by atoms with Crippen LogP contribution in [0.25, 0.3) is 0 Å². The molecule has 2 rings (SSSR count). The Labute approximate surface area is 91.9 Å². The molecular weight excluding hydrogens is 244 g/mol. The van der Waals surface area contributed by atoms with Gasteiger partial charge in [-0.2, -0.15) is 0 Å². The fraction of sp³-hybridized carbons (Fsp3) is 0.500. The summed E-state index contributed by atoms with van der Waals surface area (Å²) < 4.78 is 1.00. The van der Waals surface area contributed by atoms with Gasteiger partial charge in [0.15, 0.2) is 0 Å². The molecule has 3 nitrogen and oxygen atoms in total. The van der Waals surface area contributed by atoms with Gasteiger partial charge in [-0.25, -0.2) is 0 Å². The Kier molecular flexibility index (Phi) is 3.15. The lowest BCUT2D eigenvalue weighted by Crippen LogP contribution is -2.21. The predicted molar refractivity (Wildman–Crippen MR) is 57.8 cm³/mol. The van der Waals surface area contributed by atoms with Gasteiger partial charge in [-0.15, -0.1) is 0 Å². The van der Waals surface area contributed by atoms with Gasteiger partial charge in [0.1, 0.15) is 0 Å². The number of pyridine rings is 1. The van der Waals surface area contributed by atoms with Gasteiger partial charge in [-0.3, -0.25) is 9.88 Å². The fourth-order valence-corrected chi connectivity index (χ4v) is 1.92. The molecule has 1 aromatic heterocycles. The molecule has 1 atom stereocenters. The first kappa shape index (κ1) is 10.1. The monoisotopic (exact) mass is 256 g/mol. The highest BCUT2D eigenvalue weighted by Crippen LogP contribution is 2.13. The first-order valence-corrected chi connectivity index (χ1v) is 5.54. The normalized spacial score (nSPS) is 22.9. The second kappa shape index (κ2) is 4.38. The molecular formula is C10H13BrN2O. The van der Waals surface area contributed by atoms with E-state index in [4.69, 9.17) is 0 Å². The highest BCUT2D eigenvalue weighted by molar-refractivity contribution is 9.10. The van der Waals surface area contributed by atoms with Gasteiger partial charge >= 0.3 is 0 Å². The topological polar surface area (TPSA) is 36.4 Å². The summed E-state index contributed by atoms with van der Waals surface area (Å²) in [6, 6.07) is 4.00. The summed E-state index contributed by atoms with van der Waals surface area (Å²) in [6.45, 7) is 2.58. The molecule has 1 unspecified atom stereocenters. The molecule has 0 aromatic carbocycles. The summed E-state index contributed by atoms with van der Waals surface area (Å²) in [5, 5.41) is 9.35. The van der Waals surface area contributed by atoms with Gasteiger partial charge in [0.2, 0.25) is 0 Å². The van der Waals surface area contributed by atoms with Crippen molar-refractivity contribution in [3.8, 4) is 0 Å². The van der Waals surface area contributed by atoms with E-state index in [9.17, 15) is 5.11 Å². The summed E-state index contributed by atoms with van der Waals surface area (Å²) in [5.41, 5.74) is 1.06. The van der Waals surface area contributed by atoms with Crippen molar-refractivity contribution in [2.45, 2.75) is 19.1 Å². The zero-order chi connectivity index (χ0) is 9.97. The van der Waals surface area contributed by atoms with Crippen molar-refractivity contribution in [3.63, 3.8) is 0 Å². The predicted octanol–water partition coefficient (Wildman–Crippen LogP) is 1.41. The average Bonchev–Trinajstić information content (AvgIpc) is 2.56. The average molecular weight is 257 g/mol. The van der Waals surface area contributed by atoms with Crippen molar-refractivity contribution >= 4 is 15.9 Å². The van der Waals surface area contributed by atoms with Crippen LogP contribution in [0.1, 0.15) is 12.1 Å². The van der Waals surface area contributed by atoms with E-state index >= 15 is 0 Å². The number of β-amino-alcohol motifs (C(OH)–C–C–N with tert-alkyl or cyclic N) is 1. The number of rotatable bonds is 2. The van der Waals surface area contributed by atoms with Crippen molar-refractivity contribution < 1.29 is 5.11 Å². The van der Waals surface area contributed by atoms with Crippen LogP contribution in [0.5, 0.6) is 0 Å². The third kappa shape index (κ3) is 2.53. The number of halogens is 1. The summed E-state index contributed by atoms with van der Waals surface area (Å²) in [7, 11) is 0. The lowest BCUT2D eigenvalue weighted by Gasteiger charge is -2.13. The summed E-state index contributed by atoms with van der Waals surface area (Å²) in [5.74, 6) is 0. The van der Waals surface area contributed by atoms with Crippen LogP contribution < -0.4 is 0 Å². The molecule has 1 N–H and O–H groups in total. The van der Waals surface area contributed by atoms with E-state index < -0.39 is 0 Å². The molecule has 0 amide bonds. The second-order valence-corrected chi connectivity index (χ2v) is 4.56. The lowest BCUT2D eigenvalue weighted by atomic mass is 10.3. The van der Waals surface area contributed by atoms with Crippen LogP contribution in [0, 0.1) is 0 Å². The molecule has 76 valence electrons. The minimum absolute atomic E-state index is 0.148. The van der Waals surface area contributed by atoms with Crippen LogP contribution in [0.2, 0.25) is 0 Å². The van der Waals surface area contributed by atoms with Crippen molar-refractivity contribution in [3.05, 3.63) is 28.5 Å². The second-order valence-electron chi connectivity index (χ2n) is 3.65. The summed E-state index contributed by atoms with van der Waals surface area (Å²) >= 11 is 3.35. The van der Waals surface area contributed by atoms with E-state index in [0.717, 1.165) is 36.2 Å². The Morgan fingerprint density at radius 3 is 3.00 bits per heavy atom. The van der Waals surface area contributed by atoms with Crippen molar-refractivity contribution in [2.24, 2.45) is 0 Å². The molecule has 0 aliphatic carbocycles. The number of aromatic nitrogens is 1. The molecule has 4 heteroatoms. The number of aliphatic hydroxyl groups is 1. The minimum atomic E-state index is -0.148. The van der Waals surface area contributed by atoms with Crippen LogP contribution in [0.3, 0.4) is 0 Å². The van der Waals surface area contributed by atoms with Crippen molar-refractivity contribution in [1.29, 1.82) is 0 Å². The van der Waals surface area contributed by atoms with Gasteiger partial charge in [0.05, 0.1) is 11.8 Å². The maximum Gasteiger partial charge on any atom is 0.0679 e. The van der Waals surface area contributed by atoms with E-state index in [1.807, 2.05) is 18.3 Å². The Balaban J connectivity index is 1.94. The smallest absolute Gasteiger partial charge is 0.0679 e. The quantitative estimate of drug-likeness (QED) is 0.870. The van der Waals surface area contributed by atoms with Crippen LogP contribution in [0.15, 0.2) is 22.8 Å². The Morgan fingerprint density at radius 2 is 2.43 bits per heavy atom. The van der Waals surface area contributed by atoms with Crippen LogP contribution >= 0.6 is 15.9 Å². The van der Waals surface area contributed by atoms with Crippen LogP contribution in [-0.2, 0) is 6.54 Å². The number of likely N-dealkylation sites (tertiary alicyclic amines) is 1. The summed E-state index contributed by atoms with van der Waals surface area (Å²) in [6.07, 6.45) is 2.55. The van der Waals surface area contributed by atoms with E-state index in [0.29, 0.717) is 0 Å². The molecule has 1 aliphatic rings. The third-order valence-corrected chi connectivity index (χ3v) is 2.89. The van der Waals surface area contributed by atoms with Crippen molar-refractivity contribution in [1.82, 2.24) is 9.88 Å². The highest BCUT2D eigenvalue weighted by atomic mass is 79.9. The molecule has 2 heterocycles. The highest BCUT2D eigenvalue weighted by Gasteiger charge is 2.19. The first-order chi connectivity index (χ1) is 6.74. The molecule has 0 radical (unpaired) electrons. The fourth-order valence-electron chi connectivity index (χ4n) is 1.68. The third-order valence-electron chi connectivity index (χ3n) is 2.42. The van der Waals surface area contributed by atoms with Crippen molar-refractivity contribution in [2.75, 3.05) is 13.1 Å². The van der Waals surface area contributed by atoms with Gasteiger partial charge in [0, 0.05) is 30.3 Å². The Hall–Kier alpha value is -0.450. The lowest BCUT2D eigenvalue weighted by molar-refractivity contribution is 0.174. The standard InChI is InChI=1S/C10H13BrN2O/c11-8-1-2-9(12-5-8)6-13-4-3-10(14)7-13/h1-2,5,10,14H,3-4,6-7H2. The van der Waals surface area contributed by atoms with E-state index in [1.165, 1.54) is 0 Å². The van der Waals surface area contributed by atoms with Gasteiger partial charge in [0.25, 0.3) is 0 Å². The van der Waals surface area contributed by atoms with Gasteiger partial charge in [-0.05, 0) is 34.5 Å². The molecule has 1 aromatic rings. The summed E-state index contributed by atoms with van der Waals surface area (Å²) in [4.78, 5) is 6.52. The SMILES string of the molecule is OC1CCN(Cc2ccc(Br)cn2)C1. The largest absolute Gasteiger partial charge is 0.392 e. The first-order valence-electron chi connectivity index (χ1n) is 4.75. The zero-order valence-electron chi connectivity index (χ0n) is 7.86. The number of hydrogen-bond donors (Lipinski definition) is 1. The maximum absolute atomic E-state index is 9.35. The minimum Gasteiger partial charge on any atom is -0.392 e. The van der Waals surface area contributed by atoms with Crippen LogP contribution in [0.4, 0.5) is 0 Å². The number of hydrogen-bond acceptors (Lipinski definition) is 3. The van der Waals surface area contributed by atoms with E-state index in [2.05, 4.69) is 25.8 Å². The molecule has 14 heavy (non-hydrogen) atoms. The molecule has 0 saturated carbocycles. The molecule has 0 bridgehead atoms. The molecule has 1 aliphatic heterocycles.